The van der Waals surface area contributed by atoms with E-state index in [0.29, 0.717) is 11.3 Å². The Morgan fingerprint density at radius 3 is 2.72 bits per heavy atom. The van der Waals surface area contributed by atoms with E-state index in [-0.39, 0.29) is 0 Å². The maximum Gasteiger partial charge on any atom is 0.322 e. The molecule has 0 aliphatic carbocycles. The van der Waals surface area contributed by atoms with E-state index in [4.69, 9.17) is 4.42 Å². The van der Waals surface area contributed by atoms with Crippen molar-refractivity contribution in [1.82, 2.24) is 10.6 Å². The summed E-state index contributed by atoms with van der Waals surface area (Å²) in [5.41, 5.74) is -0.480. The standard InChI is InChI=1S/C12H9BrN2O3/c1-12(10(16)14-11(17)15-12)9-5-6-4-7(13)2-3-8(6)18-9/h2-5H,1H3,(H2,14,15,16,17). The van der Waals surface area contributed by atoms with Crippen LogP contribution in [0.2, 0.25) is 0 Å². The highest BCUT2D eigenvalue weighted by Gasteiger charge is 2.46. The summed E-state index contributed by atoms with van der Waals surface area (Å²) in [5, 5.41) is 5.64. The fraction of sp³-hybridized carbons (Fsp3) is 0.167. The van der Waals surface area contributed by atoms with Crippen LogP contribution in [0.25, 0.3) is 11.0 Å². The molecule has 2 N–H and O–H groups in total. The van der Waals surface area contributed by atoms with Gasteiger partial charge in [-0.2, -0.15) is 0 Å². The number of carbonyl (C=O) groups is 2. The highest BCUT2D eigenvalue weighted by Crippen LogP contribution is 2.31. The van der Waals surface area contributed by atoms with Gasteiger partial charge in [0.05, 0.1) is 0 Å². The number of urea groups is 1. The Morgan fingerprint density at radius 1 is 1.28 bits per heavy atom. The van der Waals surface area contributed by atoms with Gasteiger partial charge in [0.15, 0.2) is 5.54 Å². The van der Waals surface area contributed by atoms with Gasteiger partial charge in [0.1, 0.15) is 11.3 Å². The van der Waals surface area contributed by atoms with Crippen molar-refractivity contribution < 1.29 is 14.0 Å². The van der Waals surface area contributed by atoms with Crippen molar-refractivity contribution in [3.8, 4) is 0 Å². The molecule has 1 saturated heterocycles. The van der Waals surface area contributed by atoms with Gasteiger partial charge in [-0.3, -0.25) is 10.1 Å². The monoisotopic (exact) mass is 308 g/mol. The largest absolute Gasteiger partial charge is 0.458 e. The number of hydrogen-bond acceptors (Lipinski definition) is 3. The van der Waals surface area contributed by atoms with Gasteiger partial charge in [-0.15, -0.1) is 0 Å². The van der Waals surface area contributed by atoms with Crippen LogP contribution in [0.1, 0.15) is 12.7 Å². The molecule has 3 rings (SSSR count). The van der Waals surface area contributed by atoms with E-state index >= 15 is 0 Å². The minimum Gasteiger partial charge on any atom is -0.458 e. The molecular weight excluding hydrogens is 300 g/mol. The average molecular weight is 309 g/mol. The van der Waals surface area contributed by atoms with Crippen LogP contribution in [0.15, 0.2) is 33.2 Å². The van der Waals surface area contributed by atoms with Gasteiger partial charge in [-0.05, 0) is 31.2 Å². The molecule has 1 unspecified atom stereocenters. The van der Waals surface area contributed by atoms with E-state index in [1.54, 1.807) is 19.1 Å². The van der Waals surface area contributed by atoms with Crippen LogP contribution in [-0.4, -0.2) is 11.9 Å². The van der Waals surface area contributed by atoms with Crippen molar-refractivity contribution >= 4 is 38.8 Å². The smallest absolute Gasteiger partial charge is 0.322 e. The Balaban J connectivity index is 2.14. The average Bonchev–Trinajstić information content (AvgIpc) is 2.81. The molecule has 18 heavy (non-hydrogen) atoms. The number of imide groups is 1. The molecule has 0 saturated carbocycles. The Hall–Kier alpha value is -1.82. The number of fused-ring (bicyclic) bond motifs is 1. The van der Waals surface area contributed by atoms with Crippen LogP contribution in [-0.2, 0) is 10.3 Å². The highest BCUT2D eigenvalue weighted by molar-refractivity contribution is 9.10. The highest BCUT2D eigenvalue weighted by atomic mass is 79.9. The third-order valence-corrected chi connectivity index (χ3v) is 3.51. The second-order valence-electron chi connectivity index (χ2n) is 4.33. The van der Waals surface area contributed by atoms with Crippen molar-refractivity contribution in [2.45, 2.75) is 12.5 Å². The summed E-state index contributed by atoms with van der Waals surface area (Å²) in [6.45, 7) is 1.61. The van der Waals surface area contributed by atoms with E-state index in [9.17, 15) is 9.59 Å². The van der Waals surface area contributed by atoms with Crippen LogP contribution >= 0.6 is 15.9 Å². The van der Waals surface area contributed by atoms with Gasteiger partial charge in [0, 0.05) is 9.86 Å². The molecule has 6 heteroatoms. The molecule has 1 aliphatic rings. The summed E-state index contributed by atoms with van der Waals surface area (Å²) in [7, 11) is 0. The minimum absolute atomic E-state index is 0.411. The van der Waals surface area contributed by atoms with Crippen molar-refractivity contribution in [3.05, 3.63) is 34.5 Å². The van der Waals surface area contributed by atoms with Gasteiger partial charge in [0.2, 0.25) is 0 Å². The predicted molar refractivity (Wildman–Crippen MR) is 67.9 cm³/mol. The van der Waals surface area contributed by atoms with Gasteiger partial charge < -0.3 is 9.73 Å². The Labute approximate surface area is 111 Å². The summed E-state index contributed by atoms with van der Waals surface area (Å²) in [5.74, 6) is 0.00423. The molecule has 1 aromatic heterocycles. The van der Waals surface area contributed by atoms with Gasteiger partial charge in [-0.1, -0.05) is 15.9 Å². The Bertz CT molecular complexity index is 679. The molecule has 1 atom stereocenters. The number of amides is 3. The zero-order valence-corrected chi connectivity index (χ0v) is 11.0. The molecule has 1 aliphatic heterocycles. The maximum atomic E-state index is 11.8. The fourth-order valence-corrected chi connectivity index (χ4v) is 2.36. The first-order valence-electron chi connectivity index (χ1n) is 5.32. The molecule has 0 bridgehead atoms. The van der Waals surface area contributed by atoms with Crippen molar-refractivity contribution in [1.29, 1.82) is 0 Å². The molecule has 0 radical (unpaired) electrons. The van der Waals surface area contributed by atoms with Gasteiger partial charge >= 0.3 is 6.03 Å². The number of benzene rings is 1. The topological polar surface area (TPSA) is 71.3 Å². The zero-order valence-electron chi connectivity index (χ0n) is 9.41. The minimum atomic E-state index is -1.15. The van der Waals surface area contributed by atoms with E-state index < -0.39 is 17.5 Å². The van der Waals surface area contributed by atoms with E-state index in [2.05, 4.69) is 26.6 Å². The first kappa shape index (κ1) is 11.3. The zero-order chi connectivity index (χ0) is 12.9. The SMILES string of the molecule is CC1(c2cc3cc(Br)ccc3o2)NC(=O)NC1=O. The molecule has 1 fully saturated rings. The fourth-order valence-electron chi connectivity index (χ4n) is 1.98. The van der Waals surface area contributed by atoms with E-state index in [1.165, 1.54) is 0 Å². The Kier molecular flexibility index (Phi) is 2.25. The number of rotatable bonds is 1. The molecule has 2 aromatic rings. The third kappa shape index (κ3) is 1.53. The summed E-state index contributed by atoms with van der Waals surface area (Å²) < 4.78 is 6.56. The maximum absolute atomic E-state index is 11.8. The van der Waals surface area contributed by atoms with Gasteiger partial charge in [0.25, 0.3) is 5.91 Å². The van der Waals surface area contributed by atoms with Crippen molar-refractivity contribution in [3.63, 3.8) is 0 Å². The molecule has 3 amide bonds. The van der Waals surface area contributed by atoms with E-state index in [0.717, 1.165) is 9.86 Å². The first-order valence-corrected chi connectivity index (χ1v) is 6.11. The molecular formula is C12H9BrN2O3. The number of nitrogens with one attached hydrogen (secondary N) is 2. The lowest BCUT2D eigenvalue weighted by Crippen LogP contribution is -2.40. The van der Waals surface area contributed by atoms with E-state index in [1.807, 2.05) is 12.1 Å². The molecule has 92 valence electrons. The molecule has 2 heterocycles. The lowest BCUT2D eigenvalue weighted by Gasteiger charge is -2.16. The third-order valence-electron chi connectivity index (χ3n) is 3.02. The number of hydrogen-bond donors (Lipinski definition) is 2. The van der Waals surface area contributed by atoms with Crippen LogP contribution < -0.4 is 10.6 Å². The number of furan rings is 1. The van der Waals surface area contributed by atoms with Crippen LogP contribution in [0.5, 0.6) is 0 Å². The van der Waals surface area contributed by atoms with Crippen LogP contribution in [0.3, 0.4) is 0 Å². The van der Waals surface area contributed by atoms with Gasteiger partial charge in [-0.25, -0.2) is 4.79 Å². The molecule has 5 nitrogen and oxygen atoms in total. The van der Waals surface area contributed by atoms with Crippen molar-refractivity contribution in [2.24, 2.45) is 0 Å². The quantitative estimate of drug-likeness (QED) is 0.794. The summed E-state index contributed by atoms with van der Waals surface area (Å²) in [6.07, 6.45) is 0. The molecule has 0 spiro atoms. The molecule has 1 aromatic carbocycles. The number of halogens is 1. The summed E-state index contributed by atoms with van der Waals surface area (Å²) >= 11 is 3.37. The predicted octanol–water partition coefficient (Wildman–Crippen LogP) is 2.25. The second-order valence-corrected chi connectivity index (χ2v) is 5.24. The lowest BCUT2D eigenvalue weighted by molar-refractivity contribution is -0.124. The number of carbonyl (C=O) groups excluding carboxylic acids is 2. The summed E-state index contributed by atoms with van der Waals surface area (Å²) in [6, 6.07) is 6.79. The first-order chi connectivity index (χ1) is 8.49. The summed E-state index contributed by atoms with van der Waals surface area (Å²) in [4.78, 5) is 23.0. The second kappa shape index (κ2) is 3.58. The lowest BCUT2D eigenvalue weighted by atomic mass is 9.99. The Morgan fingerprint density at radius 2 is 2.06 bits per heavy atom. The van der Waals surface area contributed by atoms with Crippen LogP contribution in [0, 0.1) is 0 Å². The normalized spacial score (nSPS) is 23.2. The van der Waals surface area contributed by atoms with Crippen molar-refractivity contribution in [2.75, 3.05) is 0 Å². The van der Waals surface area contributed by atoms with Crippen LogP contribution in [0.4, 0.5) is 4.79 Å².